The van der Waals surface area contributed by atoms with Gasteiger partial charge >= 0.3 is 5.97 Å². The van der Waals surface area contributed by atoms with E-state index < -0.39 is 6.10 Å². The number of ether oxygens (including phenoxy) is 4. The third kappa shape index (κ3) is 2.90. The summed E-state index contributed by atoms with van der Waals surface area (Å²) in [5.41, 5.74) is 0. The zero-order chi connectivity index (χ0) is 11.4. The summed E-state index contributed by atoms with van der Waals surface area (Å²) >= 11 is 0. The first-order valence-corrected chi connectivity index (χ1v) is 4.94. The topological polar surface area (TPSA) is 54.0 Å². The maximum atomic E-state index is 10.9. The molecule has 0 saturated carbocycles. The molecule has 0 aromatic rings. The molecule has 1 aliphatic heterocycles. The molecule has 5 heteroatoms. The minimum absolute atomic E-state index is 0.176. The van der Waals surface area contributed by atoms with Crippen molar-refractivity contribution in [1.82, 2.24) is 0 Å². The van der Waals surface area contributed by atoms with Crippen molar-refractivity contribution in [2.24, 2.45) is 0 Å². The molecule has 5 nitrogen and oxygen atoms in total. The maximum absolute atomic E-state index is 10.9. The normalized spacial score (nSPS) is 36.3. The van der Waals surface area contributed by atoms with Crippen molar-refractivity contribution in [3.8, 4) is 0 Å². The summed E-state index contributed by atoms with van der Waals surface area (Å²) in [7, 11) is 3.16. The summed E-state index contributed by atoms with van der Waals surface area (Å²) < 4.78 is 21.1. The number of methoxy groups -OCH3 is 2. The van der Waals surface area contributed by atoms with Gasteiger partial charge in [-0.1, -0.05) is 0 Å². The predicted molar refractivity (Wildman–Crippen MR) is 52.6 cm³/mol. The second-order valence-corrected chi connectivity index (χ2v) is 3.59. The van der Waals surface area contributed by atoms with Gasteiger partial charge in [0.25, 0.3) is 0 Å². The Morgan fingerprint density at radius 2 is 1.93 bits per heavy atom. The van der Waals surface area contributed by atoms with Crippen molar-refractivity contribution in [2.45, 2.75) is 38.3 Å². The summed E-state index contributed by atoms with van der Waals surface area (Å²) in [6.45, 7) is 3.68. The monoisotopic (exact) mass is 218 g/mol. The lowest BCUT2D eigenvalue weighted by atomic mass is 10.0. The molecule has 0 unspecified atom stereocenters. The van der Waals surface area contributed by atoms with Gasteiger partial charge < -0.3 is 18.9 Å². The van der Waals surface area contributed by atoms with Gasteiger partial charge in [-0.25, -0.2) is 0 Å². The zero-order valence-corrected chi connectivity index (χ0v) is 9.56. The third-order valence-electron chi connectivity index (χ3n) is 2.55. The van der Waals surface area contributed by atoms with Gasteiger partial charge in [-0.15, -0.1) is 0 Å². The second kappa shape index (κ2) is 5.44. The Labute approximate surface area is 89.6 Å². The van der Waals surface area contributed by atoms with Crippen LogP contribution in [0.3, 0.4) is 0 Å². The van der Waals surface area contributed by atoms with E-state index in [1.54, 1.807) is 14.2 Å². The van der Waals surface area contributed by atoms with E-state index in [9.17, 15) is 4.79 Å². The molecule has 1 heterocycles. The van der Waals surface area contributed by atoms with E-state index >= 15 is 0 Å². The summed E-state index contributed by atoms with van der Waals surface area (Å²) in [5.74, 6) is -0.339. The van der Waals surface area contributed by atoms with Crippen LogP contribution < -0.4 is 0 Å². The summed E-state index contributed by atoms with van der Waals surface area (Å²) in [4.78, 5) is 10.9. The molecule has 1 saturated heterocycles. The lowest BCUT2D eigenvalue weighted by molar-refractivity contribution is -0.214. The molecule has 1 fully saturated rings. The average molecular weight is 218 g/mol. The summed E-state index contributed by atoms with van der Waals surface area (Å²) in [5, 5.41) is 0. The molecule has 0 amide bonds. The average Bonchev–Trinajstić information content (AvgIpc) is 2.20. The van der Waals surface area contributed by atoms with Gasteiger partial charge in [-0.3, -0.25) is 4.79 Å². The molecule has 0 spiro atoms. The quantitative estimate of drug-likeness (QED) is 0.640. The molecule has 1 rings (SSSR count). The fourth-order valence-corrected chi connectivity index (χ4v) is 1.76. The van der Waals surface area contributed by atoms with E-state index in [-0.39, 0.29) is 24.3 Å². The molecular weight excluding hydrogens is 200 g/mol. The molecule has 4 atom stereocenters. The van der Waals surface area contributed by atoms with E-state index in [0.717, 1.165) is 0 Å². The molecule has 1 aliphatic rings. The van der Waals surface area contributed by atoms with E-state index in [1.165, 1.54) is 6.92 Å². The number of carbonyl (C=O) groups excluding carboxylic acids is 1. The maximum Gasteiger partial charge on any atom is 0.303 e. The highest BCUT2D eigenvalue weighted by molar-refractivity contribution is 5.66. The van der Waals surface area contributed by atoms with Gasteiger partial charge in [-0.2, -0.15) is 0 Å². The van der Waals surface area contributed by atoms with Gasteiger partial charge in [0.1, 0.15) is 12.2 Å². The number of carbonyl (C=O) groups is 1. The molecule has 0 aromatic heterocycles. The van der Waals surface area contributed by atoms with Crippen molar-refractivity contribution >= 4 is 5.97 Å². The molecule has 0 aromatic carbocycles. The lowest BCUT2D eigenvalue weighted by Gasteiger charge is -2.39. The number of rotatable bonds is 3. The Morgan fingerprint density at radius 1 is 1.27 bits per heavy atom. The van der Waals surface area contributed by atoms with E-state index in [2.05, 4.69) is 0 Å². The van der Waals surface area contributed by atoms with E-state index in [4.69, 9.17) is 18.9 Å². The van der Waals surface area contributed by atoms with Crippen LogP contribution >= 0.6 is 0 Å². The molecule has 0 radical (unpaired) electrons. The highest BCUT2D eigenvalue weighted by Gasteiger charge is 2.41. The number of esters is 1. The SMILES string of the molecule is CO[C@@H]1[C@@H](OC(C)=O)[C@H](C)OC[C@@H]1OC. The molecule has 0 bridgehead atoms. The van der Waals surface area contributed by atoms with Crippen LogP contribution in [0, 0.1) is 0 Å². The van der Waals surface area contributed by atoms with Crippen molar-refractivity contribution in [1.29, 1.82) is 0 Å². The van der Waals surface area contributed by atoms with Crippen LogP contribution in [0.2, 0.25) is 0 Å². The van der Waals surface area contributed by atoms with Crippen molar-refractivity contribution < 1.29 is 23.7 Å². The molecular formula is C10H18O5. The number of hydrogen-bond acceptors (Lipinski definition) is 5. The molecule has 88 valence electrons. The van der Waals surface area contributed by atoms with Gasteiger partial charge in [-0.05, 0) is 6.92 Å². The van der Waals surface area contributed by atoms with Gasteiger partial charge in [0.15, 0.2) is 6.10 Å². The molecule has 15 heavy (non-hydrogen) atoms. The zero-order valence-electron chi connectivity index (χ0n) is 9.56. The Kier molecular flexibility index (Phi) is 4.50. The highest BCUT2D eigenvalue weighted by atomic mass is 16.6. The Balaban J connectivity index is 2.71. The minimum atomic E-state index is -0.411. The second-order valence-electron chi connectivity index (χ2n) is 3.59. The Morgan fingerprint density at radius 3 is 2.40 bits per heavy atom. The van der Waals surface area contributed by atoms with Crippen LogP contribution in [-0.2, 0) is 23.7 Å². The Bertz CT molecular complexity index is 218. The van der Waals surface area contributed by atoms with Crippen LogP contribution in [0.4, 0.5) is 0 Å². The van der Waals surface area contributed by atoms with Gasteiger partial charge in [0, 0.05) is 21.1 Å². The number of hydrogen-bond donors (Lipinski definition) is 0. The van der Waals surface area contributed by atoms with Gasteiger partial charge in [0.2, 0.25) is 0 Å². The van der Waals surface area contributed by atoms with Crippen LogP contribution in [-0.4, -0.2) is 51.2 Å². The largest absolute Gasteiger partial charge is 0.457 e. The summed E-state index contributed by atoms with van der Waals surface area (Å²) in [6.07, 6.45) is -1.06. The van der Waals surface area contributed by atoms with E-state index in [1.807, 2.05) is 6.92 Å². The molecule has 0 N–H and O–H groups in total. The predicted octanol–water partition coefficient (Wildman–Crippen LogP) is 0.367. The smallest absolute Gasteiger partial charge is 0.303 e. The van der Waals surface area contributed by atoms with Crippen molar-refractivity contribution in [3.63, 3.8) is 0 Å². The first-order valence-electron chi connectivity index (χ1n) is 4.94. The van der Waals surface area contributed by atoms with Crippen molar-refractivity contribution in [3.05, 3.63) is 0 Å². The van der Waals surface area contributed by atoms with Crippen LogP contribution in [0.25, 0.3) is 0 Å². The third-order valence-corrected chi connectivity index (χ3v) is 2.55. The molecule has 0 aliphatic carbocycles. The Hall–Kier alpha value is -0.650. The fourth-order valence-electron chi connectivity index (χ4n) is 1.76. The first kappa shape index (κ1) is 12.4. The van der Waals surface area contributed by atoms with E-state index in [0.29, 0.717) is 6.61 Å². The summed E-state index contributed by atoms with van der Waals surface area (Å²) in [6, 6.07) is 0. The first-order chi connectivity index (χ1) is 7.10. The fraction of sp³-hybridized carbons (Fsp3) is 0.900. The van der Waals surface area contributed by atoms with Crippen molar-refractivity contribution in [2.75, 3.05) is 20.8 Å². The van der Waals surface area contributed by atoms with Crippen LogP contribution in [0.5, 0.6) is 0 Å². The van der Waals surface area contributed by atoms with Crippen LogP contribution in [0.15, 0.2) is 0 Å². The minimum Gasteiger partial charge on any atom is -0.457 e. The highest BCUT2D eigenvalue weighted by Crippen LogP contribution is 2.22. The lowest BCUT2D eigenvalue weighted by Crippen LogP contribution is -2.55. The van der Waals surface area contributed by atoms with Crippen LogP contribution in [0.1, 0.15) is 13.8 Å². The standard InChI is InChI=1S/C10H18O5/c1-6-9(15-7(2)11)10(13-4)8(12-3)5-14-6/h6,8-10H,5H2,1-4H3/t6-,8-,9-,10-/m0/s1. The van der Waals surface area contributed by atoms with Gasteiger partial charge in [0.05, 0.1) is 12.7 Å².